The maximum absolute atomic E-state index is 13.3. The summed E-state index contributed by atoms with van der Waals surface area (Å²) in [6.45, 7) is -6.73. The highest BCUT2D eigenvalue weighted by Gasteiger charge is 2.64. The summed E-state index contributed by atoms with van der Waals surface area (Å²) in [6, 6.07) is -7.76. The second-order valence-corrected chi connectivity index (χ2v) is 35.3. The molecule has 11 rings (SSSR count). The number of carbonyl (C=O) groups excluding carboxylic acids is 4. The predicted molar refractivity (Wildman–Crippen MR) is 425 cm³/mol. The standard InChI is InChI=1S/C77H128N4O58/c1-17-37(95)48(106)51(109)69(122-17)121-16-32-60(45(103)34(66(116)123-32)79-19(3)90)132-67-35(80-20(4)91)46(104)58(28(12-87)128-67)133-74-56(114)64(44(102)31(131-74)15-120-71-54(112)63(136-72-53(111)50(108)40(98)25(9-84)125-72)43(101)30(130-71)14-119-70-52(110)49(107)39(97)24(8-83)124-70)137-73-55(113)62(41(99)26(10-85)126-73)135-68-36(81-21(5)92)47(105)59(29(13-88)129-68)134-75-57(115)65(42(100)27(11-86)127-75)139-77(76(117)118)6-22(93)33(78-18(2)89)61(138-77)38(96)23(94)7-82/h17,22-75,82-88,93-116H,6-16H2,1-5H3,(H,78,89)(H,79,90)(H,80,91)(H,81,92)(H,117,118)/t17-,22-,23+,24+,25+,26+,27+,28+,29+,30+,31+,32+,33+,34+,35+,36+,37+,38+,39+,40+,41+,42-,43+,44+,45+,46+,47+,48+,49-,50-,51-,52-,53-,54-,55-,56-,57+,58+,59+,60+,61+,62-,63-,64-,65-,66?,67-,68-,69+,70-,71-,72+,73+,74-,75-,77-/m0/s1. The summed E-state index contributed by atoms with van der Waals surface area (Å²) < 4.78 is 123. The van der Waals surface area contributed by atoms with Gasteiger partial charge in [0.1, 0.15) is 256 Å². The van der Waals surface area contributed by atoms with Gasteiger partial charge in [0.05, 0.1) is 84.3 Å². The smallest absolute Gasteiger partial charge is 0.364 e. The van der Waals surface area contributed by atoms with Gasteiger partial charge in [0, 0.05) is 34.1 Å². The number of rotatable bonds is 37. The lowest BCUT2D eigenvalue weighted by molar-refractivity contribution is -0.396. The number of carbonyl (C=O) groups is 5. The van der Waals surface area contributed by atoms with Crippen molar-refractivity contribution in [3.05, 3.63) is 0 Å². The van der Waals surface area contributed by atoms with Gasteiger partial charge in [0.25, 0.3) is 5.79 Å². The molecular formula is C77H128N4O58. The molecule has 11 heterocycles. The molecule has 139 heavy (non-hydrogen) atoms. The van der Waals surface area contributed by atoms with Gasteiger partial charge in [-0.2, -0.15) is 0 Å². The van der Waals surface area contributed by atoms with Gasteiger partial charge in [-0.1, -0.05) is 0 Å². The third-order valence-corrected chi connectivity index (χ3v) is 25.5. The molecule has 0 saturated carbocycles. The van der Waals surface area contributed by atoms with E-state index in [1.54, 1.807) is 0 Å². The first-order valence-corrected chi connectivity index (χ1v) is 44.1. The molecular weight excluding hydrogens is 1910 g/mol. The Morgan fingerprint density at radius 1 is 0.309 bits per heavy atom. The van der Waals surface area contributed by atoms with Crippen molar-refractivity contribution in [2.45, 2.75) is 384 Å². The van der Waals surface area contributed by atoms with Crippen LogP contribution < -0.4 is 21.3 Å². The number of amides is 4. The molecule has 62 heteroatoms. The third-order valence-electron chi connectivity index (χ3n) is 25.5. The van der Waals surface area contributed by atoms with E-state index in [1.165, 1.54) is 6.92 Å². The summed E-state index contributed by atoms with van der Waals surface area (Å²) in [4.78, 5) is 64.6. The molecule has 0 bridgehead atoms. The zero-order valence-corrected chi connectivity index (χ0v) is 74.5. The molecule has 0 aromatic heterocycles. The molecule has 0 aromatic carbocycles. The summed E-state index contributed by atoms with van der Waals surface area (Å²) in [6.07, 6.45) is -112. The molecule has 4 amide bonds. The van der Waals surface area contributed by atoms with Crippen LogP contribution in [0.3, 0.4) is 0 Å². The fourth-order valence-corrected chi connectivity index (χ4v) is 17.9. The molecule has 0 spiro atoms. The van der Waals surface area contributed by atoms with E-state index in [0.717, 1.165) is 27.7 Å². The van der Waals surface area contributed by atoms with Crippen LogP contribution in [0.4, 0.5) is 0 Å². The summed E-state index contributed by atoms with van der Waals surface area (Å²) in [5.74, 6) is -9.36. The van der Waals surface area contributed by atoms with Crippen molar-refractivity contribution in [3.8, 4) is 0 Å². The average Bonchev–Trinajstić information content (AvgIpc) is 0.748. The number of carboxylic acids is 1. The normalized spacial score (nSPS) is 48.9. The average molecular weight is 2040 g/mol. The van der Waals surface area contributed by atoms with Crippen molar-refractivity contribution in [2.75, 3.05) is 66.1 Å². The van der Waals surface area contributed by atoms with Crippen LogP contribution in [0.1, 0.15) is 41.0 Å². The second-order valence-electron chi connectivity index (χ2n) is 35.3. The lowest BCUT2D eigenvalue weighted by Gasteiger charge is -2.51. The van der Waals surface area contributed by atoms with Crippen molar-refractivity contribution in [1.82, 2.24) is 21.3 Å². The lowest BCUT2D eigenvalue weighted by Crippen LogP contribution is -2.71. The lowest BCUT2D eigenvalue weighted by atomic mass is 9.88. The minimum atomic E-state index is -3.33. The molecule has 62 nitrogen and oxygen atoms in total. The molecule has 36 N–H and O–H groups in total. The van der Waals surface area contributed by atoms with E-state index < -0.39 is 445 Å². The maximum Gasteiger partial charge on any atom is 0.364 e. The minimum Gasteiger partial charge on any atom is -0.477 e. The molecule has 1 unspecified atom stereocenters. The Kier molecular flexibility index (Phi) is 40.7. The van der Waals surface area contributed by atoms with Crippen LogP contribution >= 0.6 is 0 Å². The Morgan fingerprint density at radius 2 is 0.604 bits per heavy atom. The van der Waals surface area contributed by atoms with E-state index in [2.05, 4.69) is 21.3 Å². The van der Waals surface area contributed by atoms with Crippen LogP contribution in [0, 0.1) is 0 Å². The monoisotopic (exact) mass is 2040 g/mol. The Hall–Kier alpha value is -4.73. The van der Waals surface area contributed by atoms with Gasteiger partial charge in [-0.3, -0.25) is 19.2 Å². The molecule has 0 aliphatic carbocycles. The fourth-order valence-electron chi connectivity index (χ4n) is 17.9. The van der Waals surface area contributed by atoms with Crippen molar-refractivity contribution < 1.29 is 287 Å². The Labute approximate surface area is 785 Å². The number of aliphatic carboxylic acids is 1. The van der Waals surface area contributed by atoms with E-state index in [0.29, 0.717) is 0 Å². The van der Waals surface area contributed by atoms with Crippen LogP contribution in [-0.4, -0.2) is 602 Å². The number of hydrogen-bond acceptors (Lipinski definition) is 57. The molecule has 0 aromatic rings. The molecule has 0 radical (unpaired) electrons. The first kappa shape index (κ1) is 115. The van der Waals surface area contributed by atoms with Crippen LogP contribution in [0.2, 0.25) is 0 Å². The van der Waals surface area contributed by atoms with Gasteiger partial charge in [0.2, 0.25) is 23.6 Å². The molecule has 11 aliphatic rings. The van der Waals surface area contributed by atoms with Crippen molar-refractivity contribution >= 4 is 29.6 Å². The Morgan fingerprint density at radius 3 is 1.03 bits per heavy atom. The number of hydrogen-bond donors (Lipinski definition) is 36. The first-order valence-electron chi connectivity index (χ1n) is 44.1. The van der Waals surface area contributed by atoms with Gasteiger partial charge in [-0.05, 0) is 6.92 Å². The van der Waals surface area contributed by atoms with Gasteiger partial charge < -0.3 is 284 Å². The molecule has 56 atom stereocenters. The highest BCUT2D eigenvalue weighted by molar-refractivity contribution is 5.77. The van der Waals surface area contributed by atoms with Gasteiger partial charge in [0.15, 0.2) is 62.9 Å². The van der Waals surface area contributed by atoms with Crippen LogP contribution in [0.5, 0.6) is 0 Å². The SMILES string of the molecule is CC(=O)N[C@H]1[C@H](O[C@H]2[C@H](O)[C@@H](NC(C)=O)C(O)O[C@@H]2CO[C@@H]2O[C@@H](C)[C@@H](O)[C@@H](O)[C@@H]2O)O[C@H](CO)[C@@H](O[C@@H]2O[C@H](CO[C@H]3O[C@H](CO[C@H]4O[C@H](CO)[C@@H](O)[C@H](O)[C@@H]4O)[C@@H](O)[C@H](O[C@H]4O[C@H](CO)[C@@H](O)[C@H](O)[C@@H]4O)[C@@H]3O)[C@@H](O)[C@H](O[C@H]3O[C@H](CO)[C@@H](O)[C@H](O[C@@H]4O[C@H](CO)[C@@H](O[C@@H]5O[C@H](CO)[C@H](O)[C@H](O[C@]6(C(=O)O)C[C@H](O)[C@@H](NC(C)=O)[C@H]([C@H](O)[C@H](O)CO)O6)[C@H]5O)[C@H](O)[C@H]4NC(C)=O)[C@@H]3O)[C@@H]2O)[C@@H]1O. The van der Waals surface area contributed by atoms with Crippen LogP contribution in [-0.2, 0) is 123 Å². The number of ether oxygens (including phenoxy) is 21. The largest absolute Gasteiger partial charge is 0.477 e. The molecule has 11 aliphatic heterocycles. The highest BCUT2D eigenvalue weighted by Crippen LogP contribution is 2.43. The summed E-state index contributed by atoms with van der Waals surface area (Å²) in [7, 11) is 0. The quantitative estimate of drug-likeness (QED) is 0.0275. The third kappa shape index (κ3) is 25.3. The van der Waals surface area contributed by atoms with E-state index in [9.17, 15) is 187 Å². The van der Waals surface area contributed by atoms with E-state index in [1.807, 2.05) is 0 Å². The molecule has 804 valence electrons. The summed E-state index contributed by atoms with van der Waals surface area (Å²) in [5, 5.41) is 368. The topological polar surface area (TPSA) is 975 Å². The first-order chi connectivity index (χ1) is 65.5. The van der Waals surface area contributed by atoms with Gasteiger partial charge >= 0.3 is 5.97 Å². The Balaban J connectivity index is 0.897. The Bertz CT molecular complexity index is 3870. The van der Waals surface area contributed by atoms with Gasteiger partial charge in [-0.25, -0.2) is 4.79 Å². The van der Waals surface area contributed by atoms with Crippen molar-refractivity contribution in [1.29, 1.82) is 0 Å². The summed E-state index contributed by atoms with van der Waals surface area (Å²) in [5.41, 5.74) is 0. The van der Waals surface area contributed by atoms with Crippen LogP contribution in [0.25, 0.3) is 0 Å². The fraction of sp³-hybridized carbons (Fsp3) is 0.935. The number of aliphatic hydroxyl groups excluding tert-OH is 31. The zero-order chi connectivity index (χ0) is 103. The van der Waals surface area contributed by atoms with Crippen LogP contribution in [0.15, 0.2) is 0 Å². The number of aliphatic hydroxyl groups is 31. The maximum atomic E-state index is 13.3. The van der Waals surface area contributed by atoms with E-state index >= 15 is 0 Å². The van der Waals surface area contributed by atoms with Gasteiger partial charge in [-0.15, -0.1) is 0 Å². The summed E-state index contributed by atoms with van der Waals surface area (Å²) >= 11 is 0. The van der Waals surface area contributed by atoms with Crippen molar-refractivity contribution in [3.63, 3.8) is 0 Å². The van der Waals surface area contributed by atoms with Crippen molar-refractivity contribution in [2.24, 2.45) is 0 Å². The predicted octanol–water partition coefficient (Wildman–Crippen LogP) is -24.2. The molecule has 11 fully saturated rings. The van der Waals surface area contributed by atoms with E-state index in [-0.39, 0.29) is 0 Å². The number of nitrogens with one attached hydrogen (secondary N) is 4. The second kappa shape index (κ2) is 49.4. The minimum absolute atomic E-state index is 0.854. The van der Waals surface area contributed by atoms with E-state index in [4.69, 9.17) is 99.5 Å². The zero-order valence-electron chi connectivity index (χ0n) is 74.5. The number of carboxylic acid groups (broad SMARTS) is 1. The molecule has 11 saturated heterocycles. The highest BCUT2D eigenvalue weighted by atomic mass is 16.8.